The van der Waals surface area contributed by atoms with E-state index in [2.05, 4.69) is 19.1 Å². The Morgan fingerprint density at radius 2 is 1.90 bits per heavy atom. The van der Waals surface area contributed by atoms with E-state index in [4.69, 9.17) is 4.74 Å². The number of morpholine rings is 1. The molecule has 0 saturated carbocycles. The van der Waals surface area contributed by atoms with Gasteiger partial charge in [-0.2, -0.15) is 0 Å². The summed E-state index contributed by atoms with van der Waals surface area (Å²) in [7, 11) is 3.90. The van der Waals surface area contributed by atoms with Crippen molar-refractivity contribution in [3.8, 4) is 0 Å². The van der Waals surface area contributed by atoms with Crippen molar-refractivity contribution >= 4 is 5.91 Å². The molecule has 21 heavy (non-hydrogen) atoms. The quantitative estimate of drug-likeness (QED) is 0.856. The van der Waals surface area contributed by atoms with Crippen molar-refractivity contribution in [2.24, 2.45) is 0 Å². The molecule has 0 radical (unpaired) electrons. The second-order valence-corrected chi connectivity index (χ2v) is 6.64. The van der Waals surface area contributed by atoms with E-state index in [-0.39, 0.29) is 17.6 Å². The van der Waals surface area contributed by atoms with Gasteiger partial charge in [0.25, 0.3) is 0 Å². The summed E-state index contributed by atoms with van der Waals surface area (Å²) >= 11 is 0. The summed E-state index contributed by atoms with van der Waals surface area (Å²) < 4.78 is 5.70. The van der Waals surface area contributed by atoms with E-state index in [1.807, 2.05) is 49.9 Å². The molecule has 1 aliphatic rings. The van der Waals surface area contributed by atoms with Gasteiger partial charge in [0.05, 0.1) is 12.2 Å². The third kappa shape index (κ3) is 3.83. The number of rotatable bonds is 3. The molecule has 0 N–H and O–H groups in total. The molecule has 1 saturated heterocycles. The normalized spacial score (nSPS) is 19.6. The van der Waals surface area contributed by atoms with Gasteiger partial charge in [0.15, 0.2) is 0 Å². The molecule has 0 aliphatic carbocycles. The van der Waals surface area contributed by atoms with Crippen molar-refractivity contribution in [1.82, 2.24) is 9.80 Å². The van der Waals surface area contributed by atoms with E-state index in [0.717, 1.165) is 5.56 Å². The molecule has 1 aliphatic heterocycles. The van der Waals surface area contributed by atoms with Gasteiger partial charge in [0.2, 0.25) is 5.91 Å². The highest BCUT2D eigenvalue weighted by atomic mass is 16.5. The van der Waals surface area contributed by atoms with Crippen LogP contribution in [-0.2, 0) is 9.53 Å². The second kappa shape index (κ2) is 6.16. The Bertz CT molecular complexity index is 494. The van der Waals surface area contributed by atoms with Gasteiger partial charge >= 0.3 is 0 Å². The molecule has 4 heteroatoms. The molecule has 0 bridgehead atoms. The zero-order valence-corrected chi connectivity index (χ0v) is 13.7. The van der Waals surface area contributed by atoms with Crippen LogP contribution in [0, 0.1) is 6.92 Å². The zero-order chi connectivity index (χ0) is 15.6. The highest BCUT2D eigenvalue weighted by Gasteiger charge is 2.34. The molecular weight excluding hydrogens is 264 g/mol. The number of likely N-dealkylation sites (N-methyl/N-ethyl adjacent to an activating group) is 1. The number of aryl methyl sites for hydroxylation is 1. The Labute approximate surface area is 127 Å². The van der Waals surface area contributed by atoms with Gasteiger partial charge < -0.3 is 9.64 Å². The lowest BCUT2D eigenvalue weighted by molar-refractivity contribution is -0.150. The van der Waals surface area contributed by atoms with Crippen LogP contribution in [0.15, 0.2) is 24.3 Å². The van der Waals surface area contributed by atoms with E-state index in [1.165, 1.54) is 5.56 Å². The maximum atomic E-state index is 12.9. The molecule has 4 nitrogen and oxygen atoms in total. The monoisotopic (exact) mass is 290 g/mol. The van der Waals surface area contributed by atoms with Crippen LogP contribution in [0.1, 0.15) is 31.0 Å². The van der Waals surface area contributed by atoms with Crippen molar-refractivity contribution in [3.05, 3.63) is 35.4 Å². The first-order valence-corrected chi connectivity index (χ1v) is 7.46. The summed E-state index contributed by atoms with van der Waals surface area (Å²) in [5, 5.41) is 0. The summed E-state index contributed by atoms with van der Waals surface area (Å²) in [5.74, 6) is 0.153. The molecular formula is C17H26N2O2. The Kier molecular flexibility index (Phi) is 4.69. The number of amides is 1. The fraction of sp³-hybridized carbons (Fsp3) is 0.588. The van der Waals surface area contributed by atoms with Crippen LogP contribution in [0.3, 0.4) is 0 Å². The minimum absolute atomic E-state index is 0.153. The topological polar surface area (TPSA) is 32.8 Å². The summed E-state index contributed by atoms with van der Waals surface area (Å²) in [6, 6.07) is 7.97. The van der Waals surface area contributed by atoms with Crippen LogP contribution in [-0.4, -0.2) is 55.1 Å². The maximum Gasteiger partial charge on any atom is 0.244 e. The first-order valence-electron chi connectivity index (χ1n) is 7.46. The van der Waals surface area contributed by atoms with Gasteiger partial charge in [0.1, 0.15) is 6.04 Å². The molecule has 0 spiro atoms. The molecule has 0 unspecified atom stereocenters. The van der Waals surface area contributed by atoms with E-state index in [0.29, 0.717) is 19.7 Å². The van der Waals surface area contributed by atoms with Crippen molar-refractivity contribution in [2.75, 3.05) is 33.8 Å². The van der Waals surface area contributed by atoms with Crippen LogP contribution < -0.4 is 0 Å². The lowest BCUT2D eigenvalue weighted by Crippen LogP contribution is -2.53. The molecule has 116 valence electrons. The van der Waals surface area contributed by atoms with Gasteiger partial charge in [-0.25, -0.2) is 0 Å². The summed E-state index contributed by atoms with van der Waals surface area (Å²) in [4.78, 5) is 16.8. The maximum absolute atomic E-state index is 12.9. The largest absolute Gasteiger partial charge is 0.372 e. The first-order chi connectivity index (χ1) is 9.80. The minimum Gasteiger partial charge on any atom is -0.372 e. The lowest BCUT2D eigenvalue weighted by Gasteiger charge is -2.40. The summed E-state index contributed by atoms with van der Waals surface area (Å²) in [5.41, 5.74) is 1.98. The highest BCUT2D eigenvalue weighted by Crippen LogP contribution is 2.25. The summed E-state index contributed by atoms with van der Waals surface area (Å²) in [6.07, 6.45) is 0. The van der Waals surface area contributed by atoms with Crippen LogP contribution in [0.2, 0.25) is 0 Å². The van der Waals surface area contributed by atoms with Crippen LogP contribution >= 0.6 is 0 Å². The van der Waals surface area contributed by atoms with Gasteiger partial charge in [0, 0.05) is 13.1 Å². The van der Waals surface area contributed by atoms with Crippen molar-refractivity contribution in [1.29, 1.82) is 0 Å². The Morgan fingerprint density at radius 1 is 1.29 bits per heavy atom. The van der Waals surface area contributed by atoms with Crippen molar-refractivity contribution in [2.45, 2.75) is 32.4 Å². The van der Waals surface area contributed by atoms with E-state index >= 15 is 0 Å². The smallest absolute Gasteiger partial charge is 0.244 e. The van der Waals surface area contributed by atoms with Crippen molar-refractivity contribution < 1.29 is 9.53 Å². The zero-order valence-electron chi connectivity index (χ0n) is 13.7. The van der Waals surface area contributed by atoms with Crippen LogP contribution in [0.5, 0.6) is 0 Å². The number of ether oxygens (including phenoxy) is 1. The average Bonchev–Trinajstić information content (AvgIpc) is 2.39. The SMILES string of the molecule is Cc1ccc([C@H](C(=O)N2CCOC(C)(C)C2)N(C)C)cc1. The van der Waals surface area contributed by atoms with Gasteiger partial charge in [-0.15, -0.1) is 0 Å². The molecule has 2 rings (SSSR count). The number of hydrogen-bond acceptors (Lipinski definition) is 3. The second-order valence-electron chi connectivity index (χ2n) is 6.64. The molecule has 1 aromatic rings. The fourth-order valence-corrected chi connectivity index (χ4v) is 2.79. The lowest BCUT2D eigenvalue weighted by atomic mass is 10.0. The molecule has 1 heterocycles. The van der Waals surface area contributed by atoms with Gasteiger partial charge in [-0.1, -0.05) is 29.8 Å². The molecule has 1 amide bonds. The predicted molar refractivity (Wildman–Crippen MR) is 84.2 cm³/mol. The average molecular weight is 290 g/mol. The van der Waals surface area contributed by atoms with Gasteiger partial charge in [-0.05, 0) is 40.4 Å². The van der Waals surface area contributed by atoms with Crippen LogP contribution in [0.4, 0.5) is 0 Å². The highest BCUT2D eigenvalue weighted by molar-refractivity contribution is 5.83. The van der Waals surface area contributed by atoms with E-state index in [1.54, 1.807) is 0 Å². The predicted octanol–water partition coefficient (Wildman–Crippen LogP) is 2.24. The van der Waals surface area contributed by atoms with E-state index < -0.39 is 0 Å². The Balaban J connectivity index is 2.22. The third-order valence-electron chi connectivity index (χ3n) is 3.88. The van der Waals surface area contributed by atoms with Crippen molar-refractivity contribution in [3.63, 3.8) is 0 Å². The Morgan fingerprint density at radius 3 is 2.43 bits per heavy atom. The molecule has 1 atom stereocenters. The minimum atomic E-state index is -0.266. The molecule has 0 aromatic heterocycles. The number of benzene rings is 1. The van der Waals surface area contributed by atoms with Crippen LogP contribution in [0.25, 0.3) is 0 Å². The standard InChI is InChI=1S/C17H26N2O2/c1-13-6-8-14(9-7-13)15(18(4)5)16(20)19-10-11-21-17(2,3)12-19/h6-9,15H,10-12H2,1-5H3/t15-/m1/s1. The van der Waals surface area contributed by atoms with Gasteiger partial charge in [-0.3, -0.25) is 9.69 Å². The number of carbonyl (C=O) groups excluding carboxylic acids is 1. The number of carbonyl (C=O) groups is 1. The fourth-order valence-electron chi connectivity index (χ4n) is 2.79. The van der Waals surface area contributed by atoms with E-state index in [9.17, 15) is 4.79 Å². The molecule has 1 aromatic carbocycles. The summed E-state index contributed by atoms with van der Waals surface area (Å²) in [6.45, 7) is 8.03. The Hall–Kier alpha value is -1.39. The number of hydrogen-bond donors (Lipinski definition) is 0. The number of nitrogens with zero attached hydrogens (tertiary/aromatic N) is 2. The molecule has 1 fully saturated rings. The third-order valence-corrected chi connectivity index (χ3v) is 3.88. The first kappa shape index (κ1) is 16.0.